The first-order valence-electron chi connectivity index (χ1n) is 8.19. The molecule has 124 valence electrons. The van der Waals surface area contributed by atoms with E-state index in [9.17, 15) is 0 Å². The van der Waals surface area contributed by atoms with Gasteiger partial charge in [-0.1, -0.05) is 26.0 Å². The summed E-state index contributed by atoms with van der Waals surface area (Å²) in [5.74, 6) is 1.42. The van der Waals surface area contributed by atoms with E-state index in [2.05, 4.69) is 33.9 Å². The van der Waals surface area contributed by atoms with Crippen molar-refractivity contribution in [1.29, 1.82) is 0 Å². The fourth-order valence-corrected chi connectivity index (χ4v) is 2.88. The van der Waals surface area contributed by atoms with Gasteiger partial charge < -0.3 is 19.3 Å². The minimum Gasteiger partial charge on any atom is -0.475 e. The third-order valence-corrected chi connectivity index (χ3v) is 4.37. The largest absolute Gasteiger partial charge is 0.475 e. The number of likely N-dealkylation sites (N-methyl/N-ethyl adjacent to an activating group) is 2. The fourth-order valence-electron chi connectivity index (χ4n) is 2.88. The van der Waals surface area contributed by atoms with Crippen LogP contribution in [0.25, 0.3) is 0 Å². The van der Waals surface area contributed by atoms with Gasteiger partial charge in [0.2, 0.25) is 12.1 Å². The molecule has 2 atom stereocenters. The van der Waals surface area contributed by atoms with E-state index in [1.165, 1.54) is 0 Å². The Balaban J connectivity index is 1.65. The first-order valence-corrected chi connectivity index (χ1v) is 8.19. The van der Waals surface area contributed by atoms with Crippen LogP contribution in [-0.2, 0) is 4.74 Å². The Bertz CT molecular complexity index is 598. The zero-order chi connectivity index (χ0) is 16.2. The lowest BCUT2D eigenvalue weighted by Crippen LogP contribution is -2.46. The predicted octanol–water partition coefficient (Wildman–Crippen LogP) is 2.88. The van der Waals surface area contributed by atoms with Crippen LogP contribution in [-0.4, -0.2) is 50.5 Å². The van der Waals surface area contributed by atoms with Gasteiger partial charge in [0, 0.05) is 19.7 Å². The second-order valence-electron chi connectivity index (χ2n) is 5.67. The molecule has 3 rings (SSSR count). The summed E-state index contributed by atoms with van der Waals surface area (Å²) in [6.45, 7) is 7.87. The highest BCUT2D eigenvalue weighted by Crippen LogP contribution is 2.37. The maximum atomic E-state index is 5.92. The molecule has 0 saturated heterocycles. The Hall–Kier alpha value is -2.08. The van der Waals surface area contributed by atoms with Crippen molar-refractivity contribution >= 4 is 5.69 Å². The molecule has 0 fully saturated rings. The van der Waals surface area contributed by atoms with E-state index in [-0.39, 0.29) is 12.3 Å². The summed E-state index contributed by atoms with van der Waals surface area (Å²) in [6.07, 6.45) is 1.68. The number of azo groups is 1. The number of ether oxygens (including phenoxy) is 2. The van der Waals surface area contributed by atoms with Crippen LogP contribution in [0.1, 0.15) is 13.8 Å². The van der Waals surface area contributed by atoms with E-state index in [0.717, 1.165) is 31.1 Å². The van der Waals surface area contributed by atoms with E-state index in [1.807, 2.05) is 37.4 Å². The average Bonchev–Trinajstić information content (AvgIpc) is 2.59. The van der Waals surface area contributed by atoms with Crippen LogP contribution in [0.4, 0.5) is 5.69 Å². The van der Waals surface area contributed by atoms with Gasteiger partial charge in [-0.15, -0.1) is 10.2 Å². The predicted molar refractivity (Wildman–Crippen MR) is 89.7 cm³/mol. The SMILES string of the molecule is CCN(CC)CCOC1=CC2C(N=N1)Oc1ccccc1N2C. The molecule has 0 bridgehead atoms. The molecule has 0 spiro atoms. The van der Waals surface area contributed by atoms with Crippen LogP contribution in [0.3, 0.4) is 0 Å². The summed E-state index contributed by atoms with van der Waals surface area (Å²) < 4.78 is 11.7. The van der Waals surface area contributed by atoms with Crippen LogP contribution in [0.5, 0.6) is 5.75 Å². The number of hydrogen-bond acceptors (Lipinski definition) is 6. The van der Waals surface area contributed by atoms with Gasteiger partial charge in [0.25, 0.3) is 0 Å². The van der Waals surface area contributed by atoms with Gasteiger partial charge in [0.1, 0.15) is 18.4 Å². The molecule has 6 nitrogen and oxygen atoms in total. The van der Waals surface area contributed by atoms with Crippen molar-refractivity contribution < 1.29 is 9.47 Å². The van der Waals surface area contributed by atoms with Crippen molar-refractivity contribution in [2.45, 2.75) is 26.1 Å². The number of benzene rings is 1. The molecular weight excluding hydrogens is 292 g/mol. The summed E-state index contributed by atoms with van der Waals surface area (Å²) in [5, 5.41) is 8.44. The standard InChI is InChI=1S/C17H24N4O2/c1-4-21(5-2)10-11-22-16-12-14-17(19-18-16)23-15-9-7-6-8-13(15)20(14)3/h6-9,12,14,17H,4-5,10-11H2,1-3H3. The normalized spacial score (nSPS) is 22.3. The lowest BCUT2D eigenvalue weighted by Gasteiger charge is -2.38. The van der Waals surface area contributed by atoms with E-state index < -0.39 is 0 Å². The van der Waals surface area contributed by atoms with Gasteiger partial charge in [0.15, 0.2) is 0 Å². The molecule has 6 heteroatoms. The van der Waals surface area contributed by atoms with E-state index >= 15 is 0 Å². The van der Waals surface area contributed by atoms with Crippen molar-refractivity contribution in [3.63, 3.8) is 0 Å². The minimum atomic E-state index is -0.315. The molecule has 0 aromatic heterocycles. The van der Waals surface area contributed by atoms with Gasteiger partial charge in [-0.25, -0.2) is 0 Å². The number of anilines is 1. The Kier molecular flexibility index (Phi) is 4.81. The zero-order valence-electron chi connectivity index (χ0n) is 14.0. The molecule has 1 aromatic carbocycles. The second-order valence-corrected chi connectivity index (χ2v) is 5.67. The summed E-state index contributed by atoms with van der Waals surface area (Å²) in [6, 6.07) is 7.98. The summed E-state index contributed by atoms with van der Waals surface area (Å²) in [7, 11) is 2.05. The molecule has 0 N–H and O–H groups in total. The molecule has 0 amide bonds. The molecule has 2 aliphatic heterocycles. The van der Waals surface area contributed by atoms with Crippen LogP contribution in [0.15, 0.2) is 46.5 Å². The van der Waals surface area contributed by atoms with Crippen LogP contribution >= 0.6 is 0 Å². The Labute approximate surface area is 137 Å². The highest BCUT2D eigenvalue weighted by atomic mass is 16.5. The van der Waals surface area contributed by atoms with Crippen LogP contribution in [0, 0.1) is 0 Å². The number of hydrogen-bond donors (Lipinski definition) is 0. The number of rotatable bonds is 6. The van der Waals surface area contributed by atoms with Gasteiger partial charge in [-0.2, -0.15) is 0 Å². The number of nitrogens with zero attached hydrogens (tertiary/aromatic N) is 4. The fraction of sp³-hybridized carbons (Fsp3) is 0.529. The van der Waals surface area contributed by atoms with Crippen molar-refractivity contribution in [2.75, 3.05) is 38.2 Å². The Morgan fingerprint density at radius 1 is 1.26 bits per heavy atom. The van der Waals surface area contributed by atoms with Crippen molar-refractivity contribution in [3.05, 3.63) is 36.2 Å². The van der Waals surface area contributed by atoms with E-state index in [4.69, 9.17) is 9.47 Å². The first-order chi connectivity index (χ1) is 11.2. The molecule has 0 radical (unpaired) electrons. The second kappa shape index (κ2) is 7.00. The molecule has 2 heterocycles. The molecule has 23 heavy (non-hydrogen) atoms. The summed E-state index contributed by atoms with van der Waals surface area (Å²) in [5.41, 5.74) is 1.06. The lowest BCUT2D eigenvalue weighted by molar-refractivity contribution is 0.131. The molecule has 1 aromatic rings. The monoisotopic (exact) mass is 316 g/mol. The Morgan fingerprint density at radius 3 is 2.83 bits per heavy atom. The molecule has 2 aliphatic rings. The number of fused-ring (bicyclic) bond motifs is 2. The topological polar surface area (TPSA) is 49.7 Å². The van der Waals surface area contributed by atoms with E-state index in [1.54, 1.807) is 0 Å². The van der Waals surface area contributed by atoms with Crippen LogP contribution in [0.2, 0.25) is 0 Å². The van der Waals surface area contributed by atoms with Crippen molar-refractivity contribution in [1.82, 2.24) is 4.90 Å². The maximum absolute atomic E-state index is 5.92. The smallest absolute Gasteiger partial charge is 0.233 e. The van der Waals surface area contributed by atoms with Crippen molar-refractivity contribution in [2.24, 2.45) is 10.2 Å². The van der Waals surface area contributed by atoms with Crippen molar-refractivity contribution in [3.8, 4) is 5.75 Å². The summed E-state index contributed by atoms with van der Waals surface area (Å²) >= 11 is 0. The molecule has 0 saturated carbocycles. The van der Waals surface area contributed by atoms with E-state index in [0.29, 0.717) is 12.5 Å². The maximum Gasteiger partial charge on any atom is 0.233 e. The van der Waals surface area contributed by atoms with Crippen LogP contribution < -0.4 is 9.64 Å². The highest BCUT2D eigenvalue weighted by Gasteiger charge is 2.35. The van der Waals surface area contributed by atoms with Gasteiger partial charge in [0.05, 0.1) is 5.69 Å². The lowest BCUT2D eigenvalue weighted by atomic mass is 10.1. The zero-order valence-corrected chi connectivity index (χ0v) is 14.0. The molecular formula is C17H24N4O2. The third kappa shape index (κ3) is 3.32. The third-order valence-electron chi connectivity index (χ3n) is 4.37. The average molecular weight is 316 g/mol. The highest BCUT2D eigenvalue weighted by molar-refractivity contribution is 5.61. The minimum absolute atomic E-state index is 0.00542. The Morgan fingerprint density at radius 2 is 2.04 bits per heavy atom. The van der Waals surface area contributed by atoms with Gasteiger partial charge >= 0.3 is 0 Å². The van der Waals surface area contributed by atoms with Gasteiger partial charge in [-0.05, 0) is 25.2 Å². The van der Waals surface area contributed by atoms with Gasteiger partial charge in [-0.3, -0.25) is 0 Å². The molecule has 0 aliphatic carbocycles. The quantitative estimate of drug-likeness (QED) is 0.810. The summed E-state index contributed by atoms with van der Waals surface area (Å²) in [4.78, 5) is 4.48. The number of para-hydroxylation sites is 2. The first kappa shape index (κ1) is 15.8. The molecule has 2 unspecified atom stereocenters.